The topological polar surface area (TPSA) is 592 Å². The van der Waals surface area contributed by atoms with Crippen LogP contribution in [-0.4, -0.2) is 217 Å². The molecule has 37 nitrogen and oxygen atoms in total. The number of hydrogen-bond acceptors (Lipinski definition) is 20. The number of fused-ring (bicyclic) bond motifs is 1. The Hall–Kier alpha value is -12.6. The van der Waals surface area contributed by atoms with Crippen molar-refractivity contribution in [3.8, 4) is 5.75 Å². The number of nitrogens with two attached hydrogens (primary N) is 2. The molecule has 6 rings (SSSR count). The lowest BCUT2D eigenvalue weighted by Crippen LogP contribution is -2.65. The Morgan fingerprint density at radius 3 is 1.69 bits per heavy atom. The van der Waals surface area contributed by atoms with Crippen LogP contribution >= 0.6 is 0 Å². The molecule has 1 saturated carbocycles. The van der Waals surface area contributed by atoms with E-state index in [1.54, 1.807) is 56.3 Å². The molecule has 39 heteroatoms. The molecule has 1 aliphatic heterocycles. The summed E-state index contributed by atoms with van der Waals surface area (Å²) in [5, 5.41) is 79.3. The number of carbonyl (C=O) groups excluding carboxylic acids is 16. The van der Waals surface area contributed by atoms with E-state index in [9.17, 15) is 77.6 Å². The highest BCUT2D eigenvalue weighted by Crippen LogP contribution is 2.32. The smallest absolute Gasteiger partial charge is 0.303 e. The minimum absolute atomic E-state index is 0.0107. The van der Waals surface area contributed by atoms with Gasteiger partial charge < -0.3 is 106 Å². The fraction of sp³-hybridized carbons (Fsp3) is 0.539. The predicted molar refractivity (Wildman–Crippen MR) is 464 cm³/mol. The Bertz CT molecular complexity index is 4650. The van der Waals surface area contributed by atoms with Crippen molar-refractivity contribution in [1.82, 2.24) is 74.4 Å². The molecule has 0 bridgehead atoms. The molecule has 16 amide bonds. The van der Waals surface area contributed by atoms with Crippen LogP contribution in [0, 0.1) is 23.5 Å². The molecule has 22 N–H and O–H groups in total. The van der Waals surface area contributed by atoms with Gasteiger partial charge in [-0.15, -0.1) is 0 Å². The first-order valence-corrected chi connectivity index (χ1v) is 43.1. The monoisotopic (exact) mass is 1790 g/mol. The lowest BCUT2D eigenvalue weighted by molar-refractivity contribution is -0.140. The number of carboxylic acid groups (broad SMARTS) is 1. The third-order valence-electron chi connectivity index (χ3n) is 22.3. The number of primary amides is 2. The molecular formula is C89H124F2N16O21. The van der Waals surface area contributed by atoms with Crippen molar-refractivity contribution in [2.45, 2.75) is 287 Å². The highest BCUT2D eigenvalue weighted by atomic mass is 19.2. The molecule has 4 aromatic carbocycles. The first kappa shape index (κ1) is 104. The largest absolute Gasteiger partial charge is 0.508 e. The van der Waals surface area contributed by atoms with Crippen molar-refractivity contribution < 1.29 is 111 Å². The van der Waals surface area contributed by atoms with Crippen LogP contribution in [0.25, 0.3) is 10.8 Å². The van der Waals surface area contributed by atoms with Gasteiger partial charge in [-0.25, -0.2) is 8.78 Å². The minimum atomic E-state index is -2.21. The van der Waals surface area contributed by atoms with E-state index >= 15 is 33.2 Å². The molecule has 700 valence electrons. The molecular weight excluding hydrogens is 1670 g/mol. The second-order valence-electron chi connectivity index (χ2n) is 33.9. The zero-order valence-corrected chi connectivity index (χ0v) is 73.6. The zero-order chi connectivity index (χ0) is 94.9. The number of phenolic OH excluding ortho intramolecular Hbond substituents is 1. The summed E-state index contributed by atoms with van der Waals surface area (Å²) in [6.07, 6.45) is 1.73. The van der Waals surface area contributed by atoms with Crippen molar-refractivity contribution >= 4 is 111 Å². The number of aliphatic hydroxyl groups is 2. The SMILES string of the molecule is CC(=O)N[C@@H](CC(C)C)C(=O)N[C@H](C(=O)N[C@@H](Cc1ccc(F)c(F)c1)C(=O)N[C@]1(C)CCCCCCC=CCCCC(C)(C(=O)N[C@@H](CO)C(=O)N[C@@H](C)C(=O)N[C@@H](C)C(N)=O)NC(=O)[C@H](CC2CCC2)NC(=O)[C@H](CCC(N)=O)NC(=O)[C@H](C)NC(=O)[C@H](Cc2ccc3ccccc3c2)NC(=O)[C@H](Cc2ccc(O)cc2)NC(=O)[C@H](CCC(=O)O)NC1=O)[C@@H](C)O. The first-order chi connectivity index (χ1) is 60.4. The molecule has 128 heavy (non-hydrogen) atoms. The van der Waals surface area contributed by atoms with Gasteiger partial charge in [0.25, 0.3) is 0 Å². The minimum Gasteiger partial charge on any atom is -0.508 e. The number of aliphatic carboxylic acids is 1. The van der Waals surface area contributed by atoms with E-state index in [1.165, 1.54) is 58.9 Å². The maximum atomic E-state index is 15.5. The van der Waals surface area contributed by atoms with Crippen LogP contribution in [0.3, 0.4) is 0 Å². The van der Waals surface area contributed by atoms with Gasteiger partial charge in [0.15, 0.2) is 11.6 Å². The third kappa shape index (κ3) is 33.7. The number of benzene rings is 4. The van der Waals surface area contributed by atoms with Crippen LogP contribution in [0.1, 0.15) is 195 Å². The van der Waals surface area contributed by atoms with Gasteiger partial charge in [-0.3, -0.25) is 81.5 Å². The Labute approximate surface area is 741 Å². The van der Waals surface area contributed by atoms with Crippen LogP contribution in [0.15, 0.2) is 97.1 Å². The van der Waals surface area contributed by atoms with Crippen molar-refractivity contribution in [2.75, 3.05) is 6.61 Å². The van der Waals surface area contributed by atoms with Gasteiger partial charge >= 0.3 is 5.97 Å². The lowest BCUT2D eigenvalue weighted by Gasteiger charge is -2.35. The van der Waals surface area contributed by atoms with Crippen molar-refractivity contribution in [3.63, 3.8) is 0 Å². The van der Waals surface area contributed by atoms with E-state index in [-0.39, 0.29) is 80.1 Å². The van der Waals surface area contributed by atoms with Crippen LogP contribution in [0.2, 0.25) is 0 Å². The van der Waals surface area contributed by atoms with Crippen LogP contribution in [0.4, 0.5) is 8.78 Å². The van der Waals surface area contributed by atoms with Crippen LogP contribution < -0.4 is 85.9 Å². The summed E-state index contributed by atoms with van der Waals surface area (Å²) in [6, 6.07) is 0.917. The van der Waals surface area contributed by atoms with E-state index < -0.39 is 247 Å². The molecule has 4 aromatic rings. The number of carboxylic acids is 1. The number of allylic oxidation sites excluding steroid dienone is 2. The molecule has 2 aliphatic rings. The summed E-state index contributed by atoms with van der Waals surface area (Å²) in [4.78, 5) is 240. The van der Waals surface area contributed by atoms with E-state index in [1.807, 2.05) is 12.1 Å². The lowest BCUT2D eigenvalue weighted by atomic mass is 9.80. The number of rotatable bonds is 32. The maximum Gasteiger partial charge on any atom is 0.303 e. The number of halogens is 2. The van der Waals surface area contributed by atoms with Gasteiger partial charge in [-0.05, 0) is 169 Å². The molecule has 0 saturated heterocycles. The van der Waals surface area contributed by atoms with E-state index in [0.29, 0.717) is 49.5 Å². The summed E-state index contributed by atoms with van der Waals surface area (Å²) in [6.45, 7) is 11.2. The second-order valence-corrected chi connectivity index (χ2v) is 33.9. The number of aromatic hydroxyl groups is 1. The Morgan fingerprint density at radius 2 is 1.09 bits per heavy atom. The van der Waals surface area contributed by atoms with Gasteiger partial charge in [0, 0.05) is 39.0 Å². The van der Waals surface area contributed by atoms with Crippen LogP contribution in [0.5, 0.6) is 5.75 Å². The fourth-order valence-electron chi connectivity index (χ4n) is 14.5. The van der Waals surface area contributed by atoms with E-state index in [0.717, 1.165) is 43.9 Å². The quantitative estimate of drug-likeness (QED) is 0.0301. The summed E-state index contributed by atoms with van der Waals surface area (Å²) < 4.78 is 29.6. The summed E-state index contributed by atoms with van der Waals surface area (Å²) in [7, 11) is 0. The van der Waals surface area contributed by atoms with E-state index in [4.69, 9.17) is 11.5 Å². The summed E-state index contributed by atoms with van der Waals surface area (Å²) >= 11 is 0. The number of phenols is 1. The molecule has 1 unspecified atom stereocenters. The second kappa shape index (κ2) is 50.1. The molecule has 0 radical (unpaired) electrons. The number of hydrogen-bond donors (Lipinski definition) is 20. The number of carbonyl (C=O) groups is 17. The van der Waals surface area contributed by atoms with Gasteiger partial charge in [0.2, 0.25) is 94.5 Å². The van der Waals surface area contributed by atoms with Gasteiger partial charge in [-0.2, -0.15) is 0 Å². The average Bonchev–Trinajstić information content (AvgIpc) is 0.800. The van der Waals surface area contributed by atoms with Gasteiger partial charge in [-0.1, -0.05) is 125 Å². The van der Waals surface area contributed by atoms with Gasteiger partial charge in [0.1, 0.15) is 89.3 Å². The molecule has 1 heterocycles. The molecule has 1 fully saturated rings. The average molecular weight is 1790 g/mol. The Kier molecular flexibility index (Phi) is 40.8. The van der Waals surface area contributed by atoms with E-state index in [2.05, 4.69) is 74.4 Å². The van der Waals surface area contributed by atoms with Crippen molar-refractivity contribution in [1.29, 1.82) is 0 Å². The number of aliphatic hydroxyl groups excluding tert-OH is 2. The standard InChI is InChI=1S/C89H124F2N16O21/c1-48(2)40-65(97-53(7)110)81(122)105-73(52(6)109)85(126)102-69(46-57-29-33-61(90)62(91)42-57)84(125)107-88(8)38-19-15-13-11-10-12-14-16-20-39-89(9,87(128)104-70(47-108)82(123)96-50(4)75(116)94-49(3)74(93)115)106-83(124)68(43-54-22-21-23-54)101-77(118)63(34-36-71(92)112)98-76(117)51(5)95-79(120)67(45-56-26-30-58-24-17-18-25-59(58)41-56)100-80(121)66(44-55-27-31-60(111)32-28-55)99-78(119)64(103-86(88)127)35-37-72(113)114/h12,14,17-18,24-33,41-42,48-52,54,63-70,73,108-109,111H,10-11,13,15-16,19-23,34-40,43-47H2,1-9H3,(H2,92,112)(H2,93,115)(H,94,116)(H,95,120)(H,96,123)(H,97,110)(H,98,117)(H,99,119)(H,100,121)(H,101,118)(H,102,126)(H,103,127)(H,104,128)(H,105,122)(H,106,124)(H,107,125)(H,113,114)/t49-,50-,51-,52+,63-,64-,65-,66-,67-,68-,69-,70-,73-,88+,89?/m0/s1. The summed E-state index contributed by atoms with van der Waals surface area (Å²) in [5.41, 5.74) is 7.36. The molecule has 1 aliphatic carbocycles. The van der Waals surface area contributed by atoms with Crippen LogP contribution in [-0.2, 0) is 101 Å². The summed E-state index contributed by atoms with van der Waals surface area (Å²) in [5.74, 6) is -20.7. The molecule has 0 aromatic heterocycles. The maximum absolute atomic E-state index is 15.5. The number of nitrogens with one attached hydrogen (secondary N) is 14. The first-order valence-electron chi connectivity index (χ1n) is 43.1. The van der Waals surface area contributed by atoms with Gasteiger partial charge in [0.05, 0.1) is 12.7 Å². The number of amides is 16. The third-order valence-corrected chi connectivity index (χ3v) is 22.3. The Balaban J connectivity index is 1.46. The van der Waals surface area contributed by atoms with Crippen molar-refractivity contribution in [2.24, 2.45) is 23.3 Å². The normalized spacial score (nSPS) is 22.4. The molecule has 15 atom stereocenters. The Morgan fingerprint density at radius 1 is 0.531 bits per heavy atom. The van der Waals surface area contributed by atoms with Crippen molar-refractivity contribution in [3.05, 3.63) is 125 Å². The highest BCUT2D eigenvalue weighted by molar-refractivity contribution is 6.02. The zero-order valence-electron chi connectivity index (χ0n) is 73.6. The highest BCUT2D eigenvalue weighted by Gasteiger charge is 2.44. The molecule has 0 spiro atoms. The fourth-order valence-corrected chi connectivity index (χ4v) is 14.5. The predicted octanol–water partition coefficient (Wildman–Crippen LogP) is 0.804.